The van der Waals surface area contributed by atoms with E-state index in [1.165, 1.54) is 34.5 Å². The molecule has 0 fully saturated rings. The average Bonchev–Trinajstić information content (AvgIpc) is 3.61. The number of carbonyl (C=O) groups excluding carboxylic acids is 1. The van der Waals surface area contributed by atoms with Crippen LogP contribution in [-0.4, -0.2) is 51.1 Å². The van der Waals surface area contributed by atoms with Crippen LogP contribution in [0.5, 0.6) is 28.7 Å². The summed E-state index contributed by atoms with van der Waals surface area (Å²) in [7, 11) is 7.37. The lowest BCUT2D eigenvalue weighted by atomic mass is 9.97. The number of furan rings is 1. The third-order valence-electron chi connectivity index (χ3n) is 6.54. The molecule has 0 atom stereocenters. The molecule has 10 heteroatoms. The van der Waals surface area contributed by atoms with Gasteiger partial charge in [0.25, 0.3) is 0 Å². The highest BCUT2D eigenvalue weighted by molar-refractivity contribution is 6.20. The summed E-state index contributed by atoms with van der Waals surface area (Å²) < 4.78 is 49.7. The number of halogens is 1. The van der Waals surface area contributed by atoms with Gasteiger partial charge >= 0.3 is 0 Å². The quantitative estimate of drug-likeness (QED) is 0.204. The number of benzene rings is 3. The lowest BCUT2D eigenvalue weighted by Gasteiger charge is -2.13. The topological polar surface area (TPSA) is 94.2 Å². The van der Waals surface area contributed by atoms with Crippen LogP contribution in [0, 0.1) is 5.82 Å². The van der Waals surface area contributed by atoms with Gasteiger partial charge in [-0.15, -0.1) is 0 Å². The van der Waals surface area contributed by atoms with Crippen molar-refractivity contribution in [3.8, 4) is 40.1 Å². The van der Waals surface area contributed by atoms with Crippen molar-refractivity contribution in [3.63, 3.8) is 0 Å². The van der Waals surface area contributed by atoms with E-state index in [9.17, 15) is 4.79 Å². The van der Waals surface area contributed by atoms with E-state index in [0.29, 0.717) is 29.4 Å². The molecule has 0 saturated carbocycles. The molecule has 5 rings (SSSR count). The van der Waals surface area contributed by atoms with E-state index in [2.05, 4.69) is 5.10 Å². The monoisotopic (exact) mass is 546 g/mol. The number of carbonyl (C=O) groups is 1. The number of fused-ring (bicyclic) bond motifs is 1. The van der Waals surface area contributed by atoms with Crippen molar-refractivity contribution in [2.24, 2.45) is 0 Å². The minimum Gasteiger partial charge on any atom is -0.497 e. The largest absolute Gasteiger partial charge is 0.497 e. The van der Waals surface area contributed by atoms with Crippen LogP contribution in [-0.2, 0) is 6.54 Å². The molecule has 0 N–H and O–H groups in total. The fourth-order valence-electron chi connectivity index (χ4n) is 4.54. The zero-order valence-corrected chi connectivity index (χ0v) is 22.6. The first-order chi connectivity index (χ1) is 19.4. The summed E-state index contributed by atoms with van der Waals surface area (Å²) in [6.07, 6.45) is 3.31. The van der Waals surface area contributed by atoms with Crippen LogP contribution in [0.25, 0.3) is 22.3 Å². The van der Waals surface area contributed by atoms with Crippen LogP contribution >= 0.6 is 0 Å². The molecular weight excluding hydrogens is 519 g/mol. The molecule has 0 saturated heterocycles. The van der Waals surface area contributed by atoms with Crippen LogP contribution < -0.4 is 23.7 Å². The molecule has 2 heterocycles. The molecule has 0 unspecified atom stereocenters. The summed E-state index contributed by atoms with van der Waals surface area (Å²) in [5.41, 5.74) is 1.78. The molecule has 3 aromatic carbocycles. The summed E-state index contributed by atoms with van der Waals surface area (Å²) >= 11 is 0. The van der Waals surface area contributed by atoms with Gasteiger partial charge in [-0.25, -0.2) is 0 Å². The van der Waals surface area contributed by atoms with Gasteiger partial charge < -0.3 is 28.1 Å². The highest BCUT2D eigenvalue weighted by Crippen LogP contribution is 2.42. The lowest BCUT2D eigenvalue weighted by molar-refractivity contribution is 0.103. The average molecular weight is 547 g/mol. The van der Waals surface area contributed by atoms with Gasteiger partial charge in [-0.3, -0.25) is 9.48 Å². The molecular formula is C30H27FN2O7. The summed E-state index contributed by atoms with van der Waals surface area (Å²) in [5, 5.41) is 4.73. The molecule has 5 aromatic rings. The molecule has 0 amide bonds. The number of rotatable bonds is 10. The first-order valence-electron chi connectivity index (χ1n) is 12.2. The summed E-state index contributed by atoms with van der Waals surface area (Å²) in [4.78, 5) is 14.1. The SMILES string of the molecule is COc1ccc(Cn2cc(-c3oc4c(F)c(OC)ccc4c3C(=O)c3cc(OC)c(OC)c(OC)c3)cn2)cc1. The maximum absolute atomic E-state index is 15.3. The number of nitrogens with zero attached hydrogens (tertiary/aromatic N) is 2. The Labute approximate surface area is 229 Å². The molecule has 9 nitrogen and oxygen atoms in total. The minimum absolute atomic E-state index is 0.00483. The Morgan fingerprint density at radius 1 is 0.875 bits per heavy atom. The highest BCUT2D eigenvalue weighted by atomic mass is 19.1. The number of ether oxygens (including phenoxy) is 5. The Balaban J connectivity index is 1.63. The van der Waals surface area contributed by atoms with Crippen LogP contribution in [0.3, 0.4) is 0 Å². The van der Waals surface area contributed by atoms with Gasteiger partial charge in [-0.2, -0.15) is 9.49 Å². The smallest absolute Gasteiger partial charge is 0.208 e. The summed E-state index contributed by atoms with van der Waals surface area (Å²) in [6, 6.07) is 13.7. The van der Waals surface area contributed by atoms with Gasteiger partial charge in [-0.1, -0.05) is 12.1 Å². The van der Waals surface area contributed by atoms with Crippen LogP contribution in [0.4, 0.5) is 4.39 Å². The lowest BCUT2D eigenvalue weighted by Crippen LogP contribution is -2.05. The molecule has 0 aliphatic carbocycles. The second-order valence-corrected chi connectivity index (χ2v) is 8.78. The van der Waals surface area contributed by atoms with Crippen molar-refractivity contribution in [1.29, 1.82) is 0 Å². The van der Waals surface area contributed by atoms with E-state index >= 15 is 4.39 Å². The number of hydrogen-bond acceptors (Lipinski definition) is 8. The zero-order valence-electron chi connectivity index (χ0n) is 22.6. The van der Waals surface area contributed by atoms with E-state index in [1.54, 1.807) is 42.4 Å². The van der Waals surface area contributed by atoms with Crippen molar-refractivity contribution in [2.45, 2.75) is 6.54 Å². The maximum Gasteiger partial charge on any atom is 0.208 e. The molecule has 0 aliphatic rings. The molecule has 40 heavy (non-hydrogen) atoms. The number of methoxy groups -OCH3 is 5. The Kier molecular flexibility index (Phi) is 7.33. The molecule has 0 aliphatic heterocycles. The third kappa shape index (κ3) is 4.68. The molecule has 0 spiro atoms. The van der Waals surface area contributed by atoms with Crippen molar-refractivity contribution in [2.75, 3.05) is 35.5 Å². The van der Waals surface area contributed by atoms with Gasteiger partial charge in [-0.05, 0) is 42.0 Å². The van der Waals surface area contributed by atoms with Crippen molar-refractivity contribution < 1.29 is 37.3 Å². The Morgan fingerprint density at radius 2 is 1.55 bits per heavy atom. The van der Waals surface area contributed by atoms with E-state index < -0.39 is 11.6 Å². The normalized spacial score (nSPS) is 10.9. The Morgan fingerprint density at radius 3 is 2.15 bits per heavy atom. The van der Waals surface area contributed by atoms with Crippen LogP contribution in [0.15, 0.2) is 65.3 Å². The first-order valence-corrected chi connectivity index (χ1v) is 12.2. The second-order valence-electron chi connectivity index (χ2n) is 8.78. The molecule has 2 aromatic heterocycles. The van der Waals surface area contributed by atoms with E-state index in [1.807, 2.05) is 24.3 Å². The fraction of sp³-hybridized carbons (Fsp3) is 0.200. The third-order valence-corrected chi connectivity index (χ3v) is 6.54. The number of hydrogen-bond donors (Lipinski definition) is 0. The van der Waals surface area contributed by atoms with E-state index in [-0.39, 0.29) is 33.6 Å². The van der Waals surface area contributed by atoms with Crippen LogP contribution in [0.1, 0.15) is 21.5 Å². The predicted molar refractivity (Wildman–Crippen MR) is 146 cm³/mol. The molecule has 0 radical (unpaired) electrons. The fourth-order valence-corrected chi connectivity index (χ4v) is 4.54. The second kappa shape index (κ2) is 11.0. The van der Waals surface area contributed by atoms with Gasteiger partial charge in [0, 0.05) is 17.1 Å². The molecule has 0 bridgehead atoms. The van der Waals surface area contributed by atoms with Gasteiger partial charge in [0.05, 0.1) is 59.4 Å². The van der Waals surface area contributed by atoms with Gasteiger partial charge in [0.2, 0.25) is 11.6 Å². The van der Waals surface area contributed by atoms with Crippen molar-refractivity contribution in [1.82, 2.24) is 9.78 Å². The van der Waals surface area contributed by atoms with Crippen LogP contribution in [0.2, 0.25) is 0 Å². The van der Waals surface area contributed by atoms with Gasteiger partial charge in [0.15, 0.2) is 28.6 Å². The maximum atomic E-state index is 15.3. The van der Waals surface area contributed by atoms with E-state index in [0.717, 1.165) is 11.3 Å². The minimum atomic E-state index is -0.712. The first kappa shape index (κ1) is 26.6. The standard InChI is InChI=1S/C30H27FN2O7/c1-35-20-8-6-17(7-9-20)15-33-16-19(14-32-33)28-25(21-10-11-22(36-2)26(31)29(21)40-28)27(34)18-12-23(37-3)30(39-5)24(13-18)38-4/h6-14,16H,15H2,1-5H3. The summed E-state index contributed by atoms with van der Waals surface area (Å²) in [6.45, 7) is 0.461. The number of ketones is 1. The van der Waals surface area contributed by atoms with Crippen molar-refractivity contribution in [3.05, 3.63) is 83.4 Å². The molecule has 206 valence electrons. The van der Waals surface area contributed by atoms with E-state index in [4.69, 9.17) is 28.1 Å². The highest BCUT2D eigenvalue weighted by Gasteiger charge is 2.28. The van der Waals surface area contributed by atoms with Crippen molar-refractivity contribution >= 4 is 16.8 Å². The van der Waals surface area contributed by atoms with Gasteiger partial charge in [0.1, 0.15) is 11.5 Å². The Bertz CT molecular complexity index is 1660. The zero-order chi connectivity index (χ0) is 28.4. The Hall–Kier alpha value is -4.99. The summed E-state index contributed by atoms with van der Waals surface area (Å²) in [5.74, 6) is 0.724. The predicted octanol–water partition coefficient (Wildman–Crippen LogP) is 5.76. The number of aromatic nitrogens is 2.